The molecule has 2 N–H and O–H groups in total. The van der Waals surface area contributed by atoms with E-state index in [0.717, 1.165) is 44.8 Å². The third kappa shape index (κ3) is 7.93. The number of hydrogen-bond donors (Lipinski definition) is 2. The van der Waals surface area contributed by atoms with Gasteiger partial charge in [0.05, 0.1) is 69.1 Å². The number of nitriles is 1. The molecule has 0 amide bonds. The van der Waals surface area contributed by atoms with Gasteiger partial charge in [-0.3, -0.25) is 9.99 Å². The second-order valence-electron chi connectivity index (χ2n) is 13.4. The quantitative estimate of drug-likeness (QED) is 0.136. The maximum atomic E-state index is 12.2. The monoisotopic (exact) mass is 846 g/mol. The number of hydrogen-bond acceptors (Lipinski definition) is 13. The van der Waals surface area contributed by atoms with Crippen LogP contribution in [0.25, 0.3) is 17.0 Å². The molecular formula is C43H43BrN8O6. The van der Waals surface area contributed by atoms with Gasteiger partial charge in [0.25, 0.3) is 0 Å². The topological polar surface area (TPSA) is 157 Å². The molecule has 3 aliphatic heterocycles. The molecule has 8 rings (SSSR count). The Morgan fingerprint density at radius 1 is 0.897 bits per heavy atom. The van der Waals surface area contributed by atoms with E-state index >= 15 is 0 Å². The molecule has 298 valence electrons. The van der Waals surface area contributed by atoms with Crippen LogP contribution in [0.2, 0.25) is 0 Å². The highest BCUT2D eigenvalue weighted by atomic mass is 79.9. The second-order valence-corrected chi connectivity index (χ2v) is 14.1. The fraction of sp³-hybridized carbons (Fsp3) is 0.279. The summed E-state index contributed by atoms with van der Waals surface area (Å²) in [4.78, 5) is 21.2. The molecule has 0 spiro atoms. The molecule has 58 heavy (non-hydrogen) atoms. The van der Waals surface area contributed by atoms with Crippen LogP contribution in [-0.4, -0.2) is 79.2 Å². The molecule has 5 heterocycles. The van der Waals surface area contributed by atoms with E-state index in [0.29, 0.717) is 35.2 Å². The molecule has 1 fully saturated rings. The smallest absolute Gasteiger partial charge is 0.356 e. The van der Waals surface area contributed by atoms with Crippen molar-refractivity contribution in [2.24, 2.45) is 10.9 Å². The van der Waals surface area contributed by atoms with Crippen molar-refractivity contribution in [3.8, 4) is 40.3 Å². The Morgan fingerprint density at radius 2 is 1.60 bits per heavy atom. The second kappa shape index (κ2) is 17.8. The molecule has 4 unspecified atom stereocenters. The molecule has 14 nitrogen and oxygen atoms in total. The lowest BCUT2D eigenvalue weighted by Gasteiger charge is -2.32. The maximum absolute atomic E-state index is 12.2. The largest absolute Gasteiger partial charge is 0.493 e. The van der Waals surface area contributed by atoms with Gasteiger partial charge in [0.15, 0.2) is 29.2 Å². The molecule has 0 saturated carbocycles. The molecular weight excluding hydrogens is 804 g/mol. The van der Waals surface area contributed by atoms with E-state index in [4.69, 9.17) is 28.8 Å². The number of nitrogens with one attached hydrogen (secondary N) is 2. The lowest BCUT2D eigenvalue weighted by molar-refractivity contribution is -0.135. The van der Waals surface area contributed by atoms with Crippen LogP contribution < -0.4 is 29.7 Å². The normalized spacial score (nSPS) is 19.1. The number of carbonyl (C=O) groups excluding carboxylic acids is 1. The van der Waals surface area contributed by atoms with Gasteiger partial charge in [-0.05, 0) is 83.4 Å². The third-order valence-electron chi connectivity index (χ3n) is 10.0. The zero-order chi connectivity index (χ0) is 40.8. The molecule has 1 saturated heterocycles. The zero-order valence-corrected chi connectivity index (χ0v) is 34.3. The molecule has 0 aliphatic carbocycles. The Hall–Kier alpha value is -6.37. The molecule has 0 bridgehead atoms. The van der Waals surface area contributed by atoms with Crippen LogP contribution in [0, 0.1) is 17.2 Å². The van der Waals surface area contributed by atoms with Gasteiger partial charge in [0, 0.05) is 23.9 Å². The Labute approximate surface area is 345 Å². The average Bonchev–Trinajstić information content (AvgIpc) is 3.86. The summed E-state index contributed by atoms with van der Waals surface area (Å²) in [5.74, 6) is 2.64. The summed E-state index contributed by atoms with van der Waals surface area (Å²) in [7, 11) is 6.43. The zero-order valence-electron chi connectivity index (χ0n) is 32.7. The van der Waals surface area contributed by atoms with Gasteiger partial charge in [0.1, 0.15) is 23.1 Å². The first kappa shape index (κ1) is 39.8. The van der Waals surface area contributed by atoms with Crippen molar-refractivity contribution in [1.82, 2.24) is 25.2 Å². The summed E-state index contributed by atoms with van der Waals surface area (Å²) < 4.78 is 29.7. The molecule has 5 aromatic rings. The molecule has 4 atom stereocenters. The number of aromatic nitrogens is 3. The Kier molecular flexibility index (Phi) is 12.3. The summed E-state index contributed by atoms with van der Waals surface area (Å²) in [6.07, 6.45) is 3.79. The van der Waals surface area contributed by atoms with Gasteiger partial charge in [0.2, 0.25) is 0 Å². The number of carbonyl (C=O) groups is 1. The van der Waals surface area contributed by atoms with E-state index in [-0.39, 0.29) is 30.3 Å². The number of nitrogens with zero attached hydrogens (tertiary/aromatic N) is 6. The van der Waals surface area contributed by atoms with Crippen molar-refractivity contribution in [1.29, 1.82) is 5.26 Å². The van der Waals surface area contributed by atoms with Crippen molar-refractivity contribution in [2.45, 2.75) is 31.6 Å². The number of rotatable bonds is 10. The third-order valence-corrected chi connectivity index (χ3v) is 10.8. The molecule has 3 aliphatic rings. The summed E-state index contributed by atoms with van der Waals surface area (Å²) in [6, 6.07) is 30.0. The number of fused-ring (bicyclic) bond motifs is 2. The van der Waals surface area contributed by atoms with Crippen LogP contribution in [0.5, 0.6) is 23.0 Å². The Bertz CT molecular complexity index is 2360. The summed E-state index contributed by atoms with van der Waals surface area (Å²) in [5.41, 5.74) is 8.95. The maximum Gasteiger partial charge on any atom is 0.356 e. The highest BCUT2D eigenvalue weighted by Gasteiger charge is 2.40. The first-order valence-electron chi connectivity index (χ1n) is 18.7. The van der Waals surface area contributed by atoms with Crippen LogP contribution in [-0.2, 0) is 9.53 Å². The number of esters is 1. The SMILES string of the molecule is CCOC(=O)C1=NC2C(C#N)CNN2C(c2ccc(OC)c(OC)c2)=C1.COc1ccc(C2CC(c3ccccn3)Nc3c(Br)c(-c4ccccc4)nn32)cc1OC. The van der Waals surface area contributed by atoms with E-state index in [2.05, 4.69) is 71.7 Å². The molecule has 15 heteroatoms. The minimum absolute atomic E-state index is 0.00757. The summed E-state index contributed by atoms with van der Waals surface area (Å²) in [6.45, 7) is 2.44. The van der Waals surface area contributed by atoms with Crippen LogP contribution in [0.3, 0.4) is 0 Å². The van der Waals surface area contributed by atoms with Crippen molar-refractivity contribution < 1.29 is 28.5 Å². The number of benzene rings is 3. The molecule has 0 radical (unpaired) electrons. The first-order valence-corrected chi connectivity index (χ1v) is 19.5. The lowest BCUT2D eigenvalue weighted by Crippen LogP contribution is -2.40. The number of anilines is 1. The van der Waals surface area contributed by atoms with Crippen molar-refractivity contribution in [3.63, 3.8) is 0 Å². The molecule has 2 aromatic heterocycles. The lowest BCUT2D eigenvalue weighted by atomic mass is 9.95. The number of pyridine rings is 1. The van der Waals surface area contributed by atoms with Gasteiger partial charge in [-0.1, -0.05) is 42.5 Å². The standard InChI is InChI=1S/C25H23BrN4O2.C18H20N4O4/c1-31-21-12-11-17(14-22(21)32-2)20-15-19(18-10-6-7-13-27-18)28-25-23(26)24(29-30(20)25)16-8-4-3-5-9-16;1-4-26-18(23)13-8-14(22-17(21-13)12(9-19)10-20-22)11-5-6-15(24-2)16(7-11)25-3/h3-14,19-20,28H,15H2,1-2H3;5-8,12,17,20H,4,10H2,1-3H3. The summed E-state index contributed by atoms with van der Waals surface area (Å²) in [5, 5.41) is 19.9. The predicted molar refractivity (Wildman–Crippen MR) is 223 cm³/mol. The predicted octanol–water partition coefficient (Wildman–Crippen LogP) is 7.22. The Morgan fingerprint density at radius 3 is 2.28 bits per heavy atom. The van der Waals surface area contributed by atoms with Crippen LogP contribution >= 0.6 is 15.9 Å². The number of methoxy groups -OCH3 is 4. The van der Waals surface area contributed by atoms with Crippen molar-refractivity contribution in [2.75, 3.05) is 46.9 Å². The average molecular weight is 848 g/mol. The van der Waals surface area contributed by atoms with E-state index in [1.807, 2.05) is 60.8 Å². The van der Waals surface area contributed by atoms with Gasteiger partial charge >= 0.3 is 5.97 Å². The number of aliphatic imine (C=N–C) groups is 1. The van der Waals surface area contributed by atoms with Crippen LogP contribution in [0.4, 0.5) is 5.82 Å². The first-order chi connectivity index (χ1) is 28.3. The van der Waals surface area contributed by atoms with Gasteiger partial charge < -0.3 is 29.0 Å². The Balaban J connectivity index is 0.000000181. The fourth-order valence-electron chi connectivity index (χ4n) is 7.19. The minimum atomic E-state index is -0.506. The van der Waals surface area contributed by atoms with Crippen molar-refractivity contribution in [3.05, 3.63) is 118 Å². The van der Waals surface area contributed by atoms with E-state index < -0.39 is 12.1 Å². The molecule has 3 aromatic carbocycles. The van der Waals surface area contributed by atoms with E-state index in [1.165, 1.54) is 0 Å². The summed E-state index contributed by atoms with van der Waals surface area (Å²) >= 11 is 3.81. The minimum Gasteiger partial charge on any atom is -0.493 e. The van der Waals surface area contributed by atoms with Crippen LogP contribution in [0.15, 0.2) is 107 Å². The number of hydrazine groups is 1. The highest BCUT2D eigenvalue weighted by Crippen LogP contribution is 2.46. The van der Waals surface area contributed by atoms with Crippen LogP contribution in [0.1, 0.15) is 42.2 Å². The fourth-order valence-corrected chi connectivity index (χ4v) is 7.79. The van der Waals surface area contributed by atoms with Gasteiger partial charge in [-0.2, -0.15) is 10.4 Å². The number of halogens is 1. The van der Waals surface area contributed by atoms with Crippen molar-refractivity contribution >= 4 is 39.1 Å². The van der Waals surface area contributed by atoms with Gasteiger partial charge in [-0.25, -0.2) is 19.9 Å². The highest BCUT2D eigenvalue weighted by molar-refractivity contribution is 9.10. The van der Waals surface area contributed by atoms with E-state index in [1.54, 1.807) is 52.5 Å². The number of ether oxygens (including phenoxy) is 5. The van der Waals surface area contributed by atoms with Gasteiger partial charge in [-0.15, -0.1) is 0 Å². The van der Waals surface area contributed by atoms with E-state index in [9.17, 15) is 10.1 Å².